The van der Waals surface area contributed by atoms with Crippen molar-refractivity contribution in [1.82, 2.24) is 15.5 Å². The molecule has 0 saturated carbocycles. The first-order valence-corrected chi connectivity index (χ1v) is 7.77. The first-order chi connectivity index (χ1) is 11.7. The molecule has 2 aromatic carbocycles. The second-order valence-corrected chi connectivity index (χ2v) is 5.46. The maximum absolute atomic E-state index is 11.8. The average molecular weight is 343 g/mol. The van der Waals surface area contributed by atoms with Gasteiger partial charge < -0.3 is 15.2 Å². The fourth-order valence-electron chi connectivity index (χ4n) is 2.09. The van der Waals surface area contributed by atoms with E-state index in [-0.39, 0.29) is 6.03 Å². The molecule has 2 amide bonds. The number of amides is 2. The number of carbonyl (C=O) groups is 1. The molecule has 0 aliphatic carbocycles. The lowest BCUT2D eigenvalue weighted by molar-refractivity contribution is 0.252. The van der Waals surface area contributed by atoms with Gasteiger partial charge in [-0.2, -0.15) is 4.98 Å². The van der Waals surface area contributed by atoms with Crippen molar-refractivity contribution in [2.24, 2.45) is 0 Å². The Bertz CT molecular complexity index is 820. The van der Waals surface area contributed by atoms with E-state index < -0.39 is 0 Å². The van der Waals surface area contributed by atoms with Crippen LogP contribution in [0.15, 0.2) is 59.1 Å². The number of aromatic nitrogens is 2. The van der Waals surface area contributed by atoms with Crippen LogP contribution in [0.1, 0.15) is 5.89 Å². The van der Waals surface area contributed by atoms with E-state index in [9.17, 15) is 4.79 Å². The summed E-state index contributed by atoms with van der Waals surface area (Å²) < 4.78 is 5.18. The van der Waals surface area contributed by atoms with Gasteiger partial charge >= 0.3 is 6.03 Å². The van der Waals surface area contributed by atoms with Crippen LogP contribution in [-0.4, -0.2) is 22.7 Å². The van der Waals surface area contributed by atoms with Crippen LogP contribution in [-0.2, 0) is 6.42 Å². The SMILES string of the molecule is O=C(NCCc1nc(-c2ccccc2)no1)Nc1cccc(Cl)c1. The number of hydrogen-bond donors (Lipinski definition) is 2. The monoisotopic (exact) mass is 342 g/mol. The topological polar surface area (TPSA) is 80.1 Å². The fraction of sp³-hybridized carbons (Fsp3) is 0.118. The van der Waals surface area contributed by atoms with Crippen LogP contribution < -0.4 is 10.6 Å². The Morgan fingerprint density at radius 2 is 1.96 bits per heavy atom. The van der Waals surface area contributed by atoms with Crippen molar-refractivity contribution < 1.29 is 9.32 Å². The molecule has 1 heterocycles. The van der Waals surface area contributed by atoms with Crippen molar-refractivity contribution in [2.75, 3.05) is 11.9 Å². The zero-order valence-corrected chi connectivity index (χ0v) is 13.5. The van der Waals surface area contributed by atoms with Crippen LogP contribution in [0.2, 0.25) is 5.02 Å². The number of halogens is 1. The molecule has 1 aromatic heterocycles. The molecule has 24 heavy (non-hydrogen) atoms. The molecule has 0 aliphatic heterocycles. The third-order valence-corrected chi connectivity index (χ3v) is 3.44. The number of rotatable bonds is 5. The van der Waals surface area contributed by atoms with Crippen LogP contribution in [0.4, 0.5) is 10.5 Å². The Balaban J connectivity index is 1.48. The molecule has 2 N–H and O–H groups in total. The van der Waals surface area contributed by atoms with Crippen LogP contribution in [0.3, 0.4) is 0 Å². The molecule has 3 rings (SSSR count). The molecular weight excluding hydrogens is 328 g/mol. The van der Waals surface area contributed by atoms with Crippen molar-refractivity contribution in [3.63, 3.8) is 0 Å². The van der Waals surface area contributed by atoms with Crippen molar-refractivity contribution in [3.05, 3.63) is 65.5 Å². The summed E-state index contributed by atoms with van der Waals surface area (Å²) in [6.07, 6.45) is 0.447. The molecule has 0 aliphatic rings. The van der Waals surface area contributed by atoms with Crippen LogP contribution >= 0.6 is 11.6 Å². The highest BCUT2D eigenvalue weighted by Crippen LogP contribution is 2.15. The number of carbonyl (C=O) groups excluding carboxylic acids is 1. The summed E-state index contributed by atoms with van der Waals surface area (Å²) >= 11 is 5.87. The molecule has 7 heteroatoms. The van der Waals surface area contributed by atoms with E-state index in [2.05, 4.69) is 20.8 Å². The lowest BCUT2D eigenvalue weighted by Crippen LogP contribution is -2.30. The Morgan fingerprint density at radius 3 is 2.75 bits per heavy atom. The third-order valence-electron chi connectivity index (χ3n) is 3.21. The predicted octanol–water partition coefficient (Wildman–Crippen LogP) is 3.75. The van der Waals surface area contributed by atoms with Gasteiger partial charge in [-0.15, -0.1) is 0 Å². The largest absolute Gasteiger partial charge is 0.339 e. The van der Waals surface area contributed by atoms with Crippen molar-refractivity contribution in [2.45, 2.75) is 6.42 Å². The Hall–Kier alpha value is -2.86. The van der Waals surface area contributed by atoms with E-state index in [0.717, 1.165) is 5.56 Å². The standard InChI is InChI=1S/C17H15ClN4O2/c18-13-7-4-8-14(11-13)20-17(23)19-10-9-15-21-16(22-24-15)12-5-2-1-3-6-12/h1-8,11H,9-10H2,(H2,19,20,23). The molecule has 3 aromatic rings. The minimum Gasteiger partial charge on any atom is -0.339 e. The number of benzene rings is 2. The first kappa shape index (κ1) is 16.0. The van der Waals surface area contributed by atoms with E-state index >= 15 is 0 Å². The Morgan fingerprint density at radius 1 is 1.12 bits per heavy atom. The van der Waals surface area contributed by atoms with Gasteiger partial charge in [-0.1, -0.05) is 53.2 Å². The first-order valence-electron chi connectivity index (χ1n) is 7.39. The van der Waals surface area contributed by atoms with Gasteiger partial charge in [-0.05, 0) is 18.2 Å². The summed E-state index contributed by atoms with van der Waals surface area (Å²) in [5.41, 5.74) is 1.52. The van der Waals surface area contributed by atoms with Crippen LogP contribution in [0.25, 0.3) is 11.4 Å². The van der Waals surface area contributed by atoms with E-state index in [4.69, 9.17) is 16.1 Å². The third kappa shape index (κ3) is 4.33. The summed E-state index contributed by atoms with van der Waals surface area (Å²) in [5.74, 6) is 1.01. The summed E-state index contributed by atoms with van der Waals surface area (Å²) in [6, 6.07) is 16.2. The van der Waals surface area contributed by atoms with Gasteiger partial charge in [0, 0.05) is 29.2 Å². The van der Waals surface area contributed by atoms with Crippen molar-refractivity contribution >= 4 is 23.3 Å². The van der Waals surface area contributed by atoms with E-state index in [1.807, 2.05) is 30.3 Å². The number of nitrogens with zero attached hydrogens (tertiary/aromatic N) is 2. The smallest absolute Gasteiger partial charge is 0.319 e. The molecule has 0 radical (unpaired) electrons. The normalized spacial score (nSPS) is 10.4. The van der Waals surface area contributed by atoms with Gasteiger partial charge in [0.1, 0.15) is 0 Å². The van der Waals surface area contributed by atoms with Gasteiger partial charge in [0.2, 0.25) is 11.7 Å². The van der Waals surface area contributed by atoms with Crippen molar-refractivity contribution in [3.8, 4) is 11.4 Å². The second kappa shape index (κ2) is 7.61. The molecule has 0 bridgehead atoms. The maximum atomic E-state index is 11.8. The van der Waals surface area contributed by atoms with Crippen LogP contribution in [0.5, 0.6) is 0 Å². The summed E-state index contributed by atoms with van der Waals surface area (Å²) in [6.45, 7) is 0.378. The molecule has 0 fully saturated rings. The number of hydrogen-bond acceptors (Lipinski definition) is 4. The van der Waals surface area contributed by atoms with E-state index in [1.165, 1.54) is 0 Å². The average Bonchev–Trinajstić information content (AvgIpc) is 3.04. The molecule has 6 nitrogen and oxygen atoms in total. The number of anilines is 1. The summed E-state index contributed by atoms with van der Waals surface area (Å²) in [4.78, 5) is 16.1. The molecule has 0 unspecified atom stereocenters. The van der Waals surface area contributed by atoms with Gasteiger partial charge in [0.15, 0.2) is 0 Å². The molecule has 0 spiro atoms. The number of nitrogens with one attached hydrogen (secondary N) is 2. The highest BCUT2D eigenvalue weighted by atomic mass is 35.5. The molecule has 0 saturated heterocycles. The van der Waals surface area contributed by atoms with E-state index in [0.29, 0.717) is 35.4 Å². The quantitative estimate of drug-likeness (QED) is 0.740. The minimum atomic E-state index is -0.319. The highest BCUT2D eigenvalue weighted by molar-refractivity contribution is 6.30. The maximum Gasteiger partial charge on any atom is 0.319 e. The van der Waals surface area contributed by atoms with Crippen molar-refractivity contribution in [1.29, 1.82) is 0 Å². The lowest BCUT2D eigenvalue weighted by atomic mass is 10.2. The van der Waals surface area contributed by atoms with Gasteiger partial charge in [-0.25, -0.2) is 4.79 Å². The zero-order valence-electron chi connectivity index (χ0n) is 12.7. The molecule has 0 atom stereocenters. The van der Waals surface area contributed by atoms with Gasteiger partial charge in [0.05, 0.1) is 0 Å². The van der Waals surface area contributed by atoms with Gasteiger partial charge in [-0.3, -0.25) is 0 Å². The Labute approximate surface area is 143 Å². The lowest BCUT2D eigenvalue weighted by Gasteiger charge is -2.06. The molecular formula is C17H15ClN4O2. The number of urea groups is 1. The van der Waals surface area contributed by atoms with Gasteiger partial charge in [0.25, 0.3) is 0 Å². The Kier molecular flexibility index (Phi) is 5.08. The minimum absolute atomic E-state index is 0.319. The fourth-order valence-corrected chi connectivity index (χ4v) is 2.28. The highest BCUT2D eigenvalue weighted by Gasteiger charge is 2.08. The summed E-state index contributed by atoms with van der Waals surface area (Å²) in [5, 5.41) is 9.92. The second-order valence-electron chi connectivity index (χ2n) is 5.02. The molecule has 122 valence electrons. The predicted molar refractivity (Wildman–Crippen MR) is 91.9 cm³/mol. The van der Waals surface area contributed by atoms with Crippen LogP contribution in [0, 0.1) is 0 Å². The summed E-state index contributed by atoms with van der Waals surface area (Å²) in [7, 11) is 0. The van der Waals surface area contributed by atoms with E-state index in [1.54, 1.807) is 24.3 Å². The zero-order chi connectivity index (χ0) is 16.8.